The van der Waals surface area contributed by atoms with E-state index in [2.05, 4.69) is 10.3 Å². The highest BCUT2D eigenvalue weighted by Crippen LogP contribution is 2.24. The molecule has 4 rings (SSSR count). The maximum atomic E-state index is 13.9. The first kappa shape index (κ1) is 22.8. The van der Waals surface area contributed by atoms with Crippen molar-refractivity contribution in [1.82, 2.24) is 15.2 Å². The molecule has 0 aliphatic carbocycles. The van der Waals surface area contributed by atoms with Crippen molar-refractivity contribution in [3.63, 3.8) is 0 Å². The third-order valence-corrected chi connectivity index (χ3v) is 5.68. The van der Waals surface area contributed by atoms with Gasteiger partial charge in [-0.05, 0) is 12.1 Å². The molecule has 2 aliphatic rings. The zero-order chi connectivity index (χ0) is 23.5. The van der Waals surface area contributed by atoms with Crippen LogP contribution < -0.4 is 15.1 Å². The lowest BCUT2D eigenvalue weighted by Crippen LogP contribution is -2.46. The fourth-order valence-corrected chi connectivity index (χ4v) is 3.90. The van der Waals surface area contributed by atoms with Crippen molar-refractivity contribution in [2.45, 2.75) is 19.6 Å². The van der Waals surface area contributed by atoms with Crippen LogP contribution in [-0.4, -0.2) is 67.3 Å². The van der Waals surface area contributed by atoms with Gasteiger partial charge < -0.3 is 15.0 Å². The molecule has 2 saturated heterocycles. The number of hydrogen-bond acceptors (Lipinski definition) is 6. The van der Waals surface area contributed by atoms with Gasteiger partial charge in [0.1, 0.15) is 29.4 Å². The lowest BCUT2D eigenvalue weighted by molar-refractivity contribution is -0.119. The first-order valence-electron chi connectivity index (χ1n) is 10.6. The van der Waals surface area contributed by atoms with E-state index >= 15 is 0 Å². The van der Waals surface area contributed by atoms with Gasteiger partial charge in [-0.1, -0.05) is 0 Å². The molecule has 2 fully saturated rings. The summed E-state index contributed by atoms with van der Waals surface area (Å²) in [5, 5.41) is 2.63. The predicted octanol–water partition coefficient (Wildman–Crippen LogP) is 2.28. The maximum Gasteiger partial charge on any atom is 0.414 e. The van der Waals surface area contributed by atoms with Crippen LogP contribution in [0.1, 0.15) is 12.5 Å². The maximum absolute atomic E-state index is 13.9. The van der Waals surface area contributed by atoms with E-state index in [9.17, 15) is 22.8 Å². The Hall–Kier alpha value is -3.34. The molecule has 11 heteroatoms. The Morgan fingerprint density at radius 3 is 2.45 bits per heavy atom. The lowest BCUT2D eigenvalue weighted by atomic mass is 10.1. The van der Waals surface area contributed by atoms with E-state index in [0.717, 1.165) is 5.82 Å². The SMILES string of the molecule is CC(=O)NCC1CN(c2ccc(N3CCN(Cc4c(F)cc(F)cc4F)CC3)nc2)C(=O)O1. The summed E-state index contributed by atoms with van der Waals surface area (Å²) in [5.41, 5.74) is 0.455. The number of anilines is 2. The number of cyclic esters (lactones) is 1. The molecule has 176 valence electrons. The number of pyridine rings is 1. The van der Waals surface area contributed by atoms with Gasteiger partial charge >= 0.3 is 6.09 Å². The van der Waals surface area contributed by atoms with E-state index in [1.165, 1.54) is 11.8 Å². The Kier molecular flexibility index (Phi) is 6.68. The summed E-state index contributed by atoms with van der Waals surface area (Å²) in [6, 6.07) is 4.97. The van der Waals surface area contributed by atoms with Crippen LogP contribution in [0, 0.1) is 17.5 Å². The number of halogens is 3. The van der Waals surface area contributed by atoms with Crippen LogP contribution >= 0.6 is 0 Å². The van der Waals surface area contributed by atoms with E-state index in [-0.39, 0.29) is 24.6 Å². The molecule has 1 aromatic heterocycles. The van der Waals surface area contributed by atoms with Crippen LogP contribution in [0.15, 0.2) is 30.5 Å². The van der Waals surface area contributed by atoms with Gasteiger partial charge in [-0.3, -0.25) is 14.6 Å². The Labute approximate surface area is 188 Å². The van der Waals surface area contributed by atoms with E-state index < -0.39 is 29.6 Å². The standard InChI is InChI=1S/C22H24F3N5O3/c1-14(31)26-11-17-12-30(22(32)33-17)16-2-3-21(27-10-16)29-6-4-28(5-7-29)13-18-19(24)8-15(23)9-20(18)25/h2-3,8-10,17H,4-7,11-13H2,1H3,(H,26,31). The smallest absolute Gasteiger partial charge is 0.414 e. The summed E-state index contributed by atoms with van der Waals surface area (Å²) in [6.07, 6.45) is 0.672. The Bertz CT molecular complexity index is 1010. The van der Waals surface area contributed by atoms with Gasteiger partial charge in [-0.15, -0.1) is 0 Å². The normalized spacial score (nSPS) is 19.0. The highest BCUT2D eigenvalue weighted by molar-refractivity contribution is 5.89. The average Bonchev–Trinajstić information content (AvgIpc) is 3.16. The number of nitrogens with zero attached hydrogens (tertiary/aromatic N) is 4. The molecule has 8 nitrogen and oxygen atoms in total. The molecular weight excluding hydrogens is 439 g/mol. The van der Waals surface area contributed by atoms with Crippen LogP contribution in [-0.2, 0) is 16.1 Å². The second kappa shape index (κ2) is 9.65. The van der Waals surface area contributed by atoms with Crippen molar-refractivity contribution < 1.29 is 27.5 Å². The van der Waals surface area contributed by atoms with Crippen molar-refractivity contribution in [3.8, 4) is 0 Å². The van der Waals surface area contributed by atoms with Crippen LogP contribution in [0.25, 0.3) is 0 Å². The zero-order valence-corrected chi connectivity index (χ0v) is 18.1. The molecular formula is C22H24F3N5O3. The second-order valence-electron chi connectivity index (χ2n) is 8.04. The Morgan fingerprint density at radius 2 is 1.85 bits per heavy atom. The Morgan fingerprint density at radius 1 is 1.15 bits per heavy atom. The van der Waals surface area contributed by atoms with Crippen LogP contribution in [0.5, 0.6) is 0 Å². The van der Waals surface area contributed by atoms with Gasteiger partial charge in [0.15, 0.2) is 0 Å². The summed E-state index contributed by atoms with van der Waals surface area (Å²) in [6.45, 7) is 4.34. The quantitative estimate of drug-likeness (QED) is 0.709. The predicted molar refractivity (Wildman–Crippen MR) is 114 cm³/mol. The number of nitrogens with one attached hydrogen (secondary N) is 1. The molecule has 3 heterocycles. The topological polar surface area (TPSA) is 78.0 Å². The number of carbonyl (C=O) groups is 2. The highest BCUT2D eigenvalue weighted by atomic mass is 19.1. The third-order valence-electron chi connectivity index (χ3n) is 5.68. The summed E-state index contributed by atoms with van der Waals surface area (Å²) in [4.78, 5) is 33.1. The van der Waals surface area contributed by atoms with Crippen LogP contribution in [0.3, 0.4) is 0 Å². The molecule has 1 atom stereocenters. The summed E-state index contributed by atoms with van der Waals surface area (Å²) >= 11 is 0. The van der Waals surface area contributed by atoms with E-state index in [1.54, 1.807) is 18.3 Å². The van der Waals surface area contributed by atoms with Crippen molar-refractivity contribution >= 4 is 23.5 Å². The number of piperazine rings is 1. The van der Waals surface area contributed by atoms with Crippen molar-refractivity contribution in [3.05, 3.63) is 53.5 Å². The summed E-state index contributed by atoms with van der Waals surface area (Å²) in [7, 11) is 0. The second-order valence-corrected chi connectivity index (χ2v) is 8.04. The number of benzene rings is 1. The molecule has 0 spiro atoms. The monoisotopic (exact) mass is 463 g/mol. The molecule has 2 amide bonds. The molecule has 0 bridgehead atoms. The van der Waals surface area contributed by atoms with E-state index in [4.69, 9.17) is 4.74 Å². The zero-order valence-electron chi connectivity index (χ0n) is 18.1. The van der Waals surface area contributed by atoms with E-state index in [1.807, 2.05) is 9.80 Å². The van der Waals surface area contributed by atoms with Crippen molar-refractivity contribution in [2.75, 3.05) is 49.1 Å². The third kappa shape index (κ3) is 5.36. The van der Waals surface area contributed by atoms with Crippen LogP contribution in [0.4, 0.5) is 29.5 Å². The molecule has 0 radical (unpaired) electrons. The number of amides is 2. The summed E-state index contributed by atoms with van der Waals surface area (Å²) < 4.78 is 46.2. The average molecular weight is 463 g/mol. The molecule has 1 aromatic carbocycles. The van der Waals surface area contributed by atoms with Gasteiger partial charge in [0, 0.05) is 57.3 Å². The minimum Gasteiger partial charge on any atom is -0.442 e. The fraction of sp³-hybridized carbons (Fsp3) is 0.409. The largest absolute Gasteiger partial charge is 0.442 e. The highest BCUT2D eigenvalue weighted by Gasteiger charge is 2.32. The van der Waals surface area contributed by atoms with Crippen LogP contribution in [0.2, 0.25) is 0 Å². The first-order valence-corrected chi connectivity index (χ1v) is 10.6. The van der Waals surface area contributed by atoms with Crippen molar-refractivity contribution in [1.29, 1.82) is 0 Å². The molecule has 1 N–H and O–H groups in total. The summed E-state index contributed by atoms with van der Waals surface area (Å²) in [5.74, 6) is -2.17. The molecule has 33 heavy (non-hydrogen) atoms. The van der Waals surface area contributed by atoms with E-state index in [0.29, 0.717) is 50.5 Å². The lowest BCUT2D eigenvalue weighted by Gasteiger charge is -2.35. The van der Waals surface area contributed by atoms with Gasteiger partial charge in [-0.2, -0.15) is 0 Å². The van der Waals surface area contributed by atoms with Gasteiger partial charge in [0.2, 0.25) is 5.91 Å². The molecule has 2 aromatic rings. The minimum absolute atomic E-state index is 0.0644. The van der Waals surface area contributed by atoms with Gasteiger partial charge in [0.25, 0.3) is 0 Å². The number of aromatic nitrogens is 1. The number of hydrogen-bond donors (Lipinski definition) is 1. The number of carbonyl (C=O) groups excluding carboxylic acids is 2. The van der Waals surface area contributed by atoms with Gasteiger partial charge in [-0.25, -0.2) is 22.9 Å². The van der Waals surface area contributed by atoms with Crippen molar-refractivity contribution in [2.24, 2.45) is 0 Å². The number of rotatable bonds is 6. The fourth-order valence-electron chi connectivity index (χ4n) is 3.90. The van der Waals surface area contributed by atoms with Gasteiger partial charge in [0.05, 0.1) is 25.0 Å². The number of ether oxygens (including phenoxy) is 1. The first-order chi connectivity index (χ1) is 15.8. The molecule has 1 unspecified atom stereocenters. The molecule has 2 aliphatic heterocycles. The molecule has 0 saturated carbocycles. The minimum atomic E-state index is -0.932. The Balaban J connectivity index is 1.32.